The van der Waals surface area contributed by atoms with Gasteiger partial charge in [0.15, 0.2) is 0 Å². The Morgan fingerprint density at radius 2 is 1.44 bits per heavy atom. The second-order valence-corrected chi connectivity index (χ2v) is 6.44. The quantitative estimate of drug-likeness (QED) is 0.578. The van der Waals surface area contributed by atoms with Gasteiger partial charge in [-0.2, -0.15) is 0 Å². The lowest BCUT2D eigenvalue weighted by Crippen LogP contribution is -2.01. The average molecular weight is 349 g/mol. The zero-order chi connectivity index (χ0) is 18.1. The molecule has 0 saturated carbocycles. The highest BCUT2D eigenvalue weighted by molar-refractivity contribution is 7.98. The maximum atomic E-state index is 10.9. The summed E-state index contributed by atoms with van der Waals surface area (Å²) in [4.78, 5) is 12.2. The molecule has 0 heterocycles. The number of hydrogen-bond donors (Lipinski definition) is 0. The van der Waals surface area contributed by atoms with Crippen LogP contribution in [-0.2, 0) is 11.5 Å². The highest BCUT2D eigenvalue weighted by atomic mass is 32.2. The van der Waals surface area contributed by atoms with Crippen molar-refractivity contribution in [2.45, 2.75) is 18.2 Å². The summed E-state index contributed by atoms with van der Waals surface area (Å²) in [6.45, 7) is 1.82. The van der Waals surface area contributed by atoms with Crippen LogP contribution in [0.15, 0.2) is 83.8 Å². The van der Waals surface area contributed by atoms with Crippen LogP contribution in [0.3, 0.4) is 0 Å². The molecule has 0 N–H and O–H groups in total. The van der Waals surface area contributed by atoms with E-state index in [1.807, 2.05) is 61.5 Å². The molecule has 0 atom stereocenters. The lowest BCUT2D eigenvalue weighted by atomic mass is 9.97. The lowest BCUT2D eigenvalue weighted by molar-refractivity contribution is 0.0572. The van der Waals surface area contributed by atoms with Gasteiger partial charge in [0.25, 0.3) is 0 Å². The normalized spacial score (nSPS) is 9.84. The van der Waals surface area contributed by atoms with Gasteiger partial charge in [0.2, 0.25) is 0 Å². The van der Waals surface area contributed by atoms with Gasteiger partial charge in [-0.05, 0) is 54.5 Å². The molecular weight excluding hydrogens is 328 g/mol. The van der Waals surface area contributed by atoms with Crippen molar-refractivity contribution in [2.75, 3.05) is 6.26 Å². The van der Waals surface area contributed by atoms with Crippen LogP contribution < -0.4 is 0 Å². The molecule has 0 fully saturated rings. The number of hydrogen-bond acceptors (Lipinski definition) is 2. The van der Waals surface area contributed by atoms with Gasteiger partial charge in [0, 0.05) is 4.90 Å². The summed E-state index contributed by atoms with van der Waals surface area (Å²) < 4.78 is 0. The minimum atomic E-state index is -1.11. The molecule has 1 radical (unpaired) electrons. The summed E-state index contributed by atoms with van der Waals surface area (Å²) >= 11 is 1.77. The first-order valence-corrected chi connectivity index (χ1v) is 9.27. The van der Waals surface area contributed by atoms with Crippen molar-refractivity contribution in [3.63, 3.8) is 0 Å². The van der Waals surface area contributed by atoms with Gasteiger partial charge < -0.3 is 0 Å². The van der Waals surface area contributed by atoms with E-state index in [-0.39, 0.29) is 5.56 Å². The van der Waals surface area contributed by atoms with Crippen molar-refractivity contribution >= 4 is 17.7 Å². The Balaban J connectivity index is 0.000000236. The third-order valence-corrected chi connectivity index (χ3v) is 4.63. The van der Waals surface area contributed by atoms with Crippen LogP contribution in [0.5, 0.6) is 0 Å². The largest absolute Gasteiger partial charge is 0.386 e. The molecule has 0 aliphatic rings. The number of rotatable bonds is 4. The van der Waals surface area contributed by atoms with Gasteiger partial charge in [-0.15, -0.1) is 11.8 Å². The summed E-state index contributed by atoms with van der Waals surface area (Å²) in [6.07, 6.45) is 2.82. The maximum absolute atomic E-state index is 10.9. The highest BCUT2D eigenvalue weighted by Crippen LogP contribution is 2.17. The topological polar surface area (TPSA) is 37.0 Å². The molecule has 0 spiro atoms. The number of thioether (sulfide) groups is 1. The number of carbonyl (C=O) groups excluding carboxylic acids is 1. The fraction of sp³-hybridized carbons (Fsp3) is 0.136. The fourth-order valence-electron chi connectivity index (χ4n) is 2.47. The van der Waals surface area contributed by atoms with E-state index in [0.29, 0.717) is 0 Å². The van der Waals surface area contributed by atoms with E-state index >= 15 is 0 Å². The Bertz CT molecular complexity index is 799. The van der Waals surface area contributed by atoms with E-state index in [1.165, 1.54) is 10.5 Å². The SMILES string of the molecule is CSc1ccccc1.Cc1c(Cc2ccccc2)cccc1C([O])=O. The zero-order valence-corrected chi connectivity index (χ0v) is 15.3. The van der Waals surface area contributed by atoms with Crippen molar-refractivity contribution in [3.8, 4) is 0 Å². The van der Waals surface area contributed by atoms with Crippen molar-refractivity contribution in [1.29, 1.82) is 0 Å². The summed E-state index contributed by atoms with van der Waals surface area (Å²) in [5.41, 5.74) is 3.26. The molecule has 3 aromatic carbocycles. The predicted octanol–water partition coefficient (Wildman–Crippen LogP) is 5.57. The molecule has 0 aromatic heterocycles. The highest BCUT2D eigenvalue weighted by Gasteiger charge is 2.11. The van der Waals surface area contributed by atoms with Crippen molar-refractivity contribution in [2.24, 2.45) is 0 Å². The molecule has 127 valence electrons. The van der Waals surface area contributed by atoms with Gasteiger partial charge >= 0.3 is 5.97 Å². The van der Waals surface area contributed by atoms with E-state index in [9.17, 15) is 9.90 Å². The Morgan fingerprint density at radius 1 is 0.840 bits per heavy atom. The van der Waals surface area contributed by atoms with E-state index in [4.69, 9.17) is 0 Å². The first-order valence-electron chi connectivity index (χ1n) is 8.04. The van der Waals surface area contributed by atoms with Crippen LogP contribution in [0.2, 0.25) is 0 Å². The second kappa shape index (κ2) is 9.70. The molecule has 0 saturated heterocycles. The monoisotopic (exact) mass is 349 g/mol. The fourth-order valence-corrected chi connectivity index (χ4v) is 2.90. The minimum absolute atomic E-state index is 0.276. The van der Waals surface area contributed by atoms with E-state index < -0.39 is 5.97 Å². The summed E-state index contributed by atoms with van der Waals surface area (Å²) in [5.74, 6) is -1.11. The van der Waals surface area contributed by atoms with Crippen LogP contribution in [-0.4, -0.2) is 12.2 Å². The molecule has 3 aromatic rings. The molecule has 25 heavy (non-hydrogen) atoms. The van der Waals surface area contributed by atoms with Gasteiger partial charge in [0.1, 0.15) is 0 Å². The first kappa shape index (κ1) is 18.8. The molecule has 3 heteroatoms. The average Bonchev–Trinajstić information content (AvgIpc) is 2.65. The van der Waals surface area contributed by atoms with E-state index in [0.717, 1.165) is 17.5 Å². The summed E-state index contributed by atoms with van der Waals surface area (Å²) in [5, 5.41) is 10.9. The minimum Gasteiger partial charge on any atom is -0.241 e. The molecule has 0 amide bonds. The van der Waals surface area contributed by atoms with E-state index in [1.54, 1.807) is 23.9 Å². The number of carbonyl (C=O) groups is 1. The van der Waals surface area contributed by atoms with Gasteiger partial charge in [-0.3, -0.25) is 0 Å². The van der Waals surface area contributed by atoms with Crippen LogP contribution in [0.25, 0.3) is 0 Å². The smallest absolute Gasteiger partial charge is 0.241 e. The molecule has 2 nitrogen and oxygen atoms in total. The maximum Gasteiger partial charge on any atom is 0.386 e. The first-order chi connectivity index (χ1) is 12.1. The van der Waals surface area contributed by atoms with Gasteiger partial charge in [-0.25, -0.2) is 9.90 Å². The van der Waals surface area contributed by atoms with E-state index in [2.05, 4.69) is 18.4 Å². The summed E-state index contributed by atoms with van der Waals surface area (Å²) in [7, 11) is 0. The van der Waals surface area contributed by atoms with Crippen LogP contribution in [0.1, 0.15) is 27.0 Å². The van der Waals surface area contributed by atoms with Crippen LogP contribution in [0, 0.1) is 6.92 Å². The second-order valence-electron chi connectivity index (χ2n) is 5.56. The Kier molecular flexibility index (Phi) is 7.30. The van der Waals surface area contributed by atoms with Crippen molar-refractivity contribution in [1.82, 2.24) is 0 Å². The zero-order valence-electron chi connectivity index (χ0n) is 14.4. The molecule has 0 aliphatic heterocycles. The summed E-state index contributed by atoms with van der Waals surface area (Å²) in [6, 6.07) is 25.6. The van der Waals surface area contributed by atoms with Crippen LogP contribution in [0.4, 0.5) is 0 Å². The molecule has 0 unspecified atom stereocenters. The third-order valence-electron chi connectivity index (χ3n) is 3.88. The van der Waals surface area contributed by atoms with Gasteiger partial charge in [0.05, 0.1) is 5.56 Å². The lowest BCUT2D eigenvalue weighted by Gasteiger charge is -2.08. The Labute approximate surface area is 153 Å². The predicted molar refractivity (Wildman–Crippen MR) is 104 cm³/mol. The standard InChI is InChI=1S/C15H13O2.C7H8S/c1-11-13(8-5-9-14(11)15(16)17)10-12-6-3-2-4-7-12;1-8-7-5-3-2-4-6-7/h2-9H,10H2,1H3;2-6H,1H3. The number of benzene rings is 3. The molecule has 0 bridgehead atoms. The third kappa shape index (κ3) is 5.80. The molecule has 0 aliphatic carbocycles. The molecule has 3 rings (SSSR count). The van der Waals surface area contributed by atoms with Crippen LogP contribution >= 0.6 is 11.8 Å². The van der Waals surface area contributed by atoms with Gasteiger partial charge in [-0.1, -0.05) is 60.7 Å². The Morgan fingerprint density at radius 3 is 1.96 bits per heavy atom. The Hall–Kier alpha value is -2.52. The van der Waals surface area contributed by atoms with Crippen molar-refractivity contribution in [3.05, 3.63) is 101 Å². The molecular formula is C22H21O2S. The van der Waals surface area contributed by atoms with Crippen molar-refractivity contribution < 1.29 is 9.90 Å².